The van der Waals surface area contributed by atoms with E-state index >= 15 is 0 Å². The van der Waals surface area contributed by atoms with Crippen LogP contribution < -0.4 is 15.0 Å². The van der Waals surface area contributed by atoms with E-state index in [9.17, 15) is 4.79 Å². The van der Waals surface area contributed by atoms with Gasteiger partial charge in [0.25, 0.3) is 0 Å². The molecule has 140 valence electrons. The molecule has 1 aromatic heterocycles. The van der Waals surface area contributed by atoms with Crippen molar-refractivity contribution in [2.24, 2.45) is 0 Å². The molecule has 0 spiro atoms. The zero-order valence-electron chi connectivity index (χ0n) is 15.5. The number of amides is 1. The lowest BCUT2D eigenvalue weighted by molar-refractivity contribution is -0.936. The summed E-state index contributed by atoms with van der Waals surface area (Å²) >= 11 is 0. The number of likely N-dealkylation sites (tertiary alicyclic amines) is 1. The highest BCUT2D eigenvalue weighted by Gasteiger charge is 2.28. The Balaban J connectivity index is 1.46. The van der Waals surface area contributed by atoms with Gasteiger partial charge in [-0.25, -0.2) is 0 Å². The van der Waals surface area contributed by atoms with Crippen LogP contribution in [0.25, 0.3) is 0 Å². The van der Waals surface area contributed by atoms with Crippen molar-refractivity contribution in [2.45, 2.75) is 38.6 Å². The van der Waals surface area contributed by atoms with Gasteiger partial charge in [0, 0.05) is 0 Å². The van der Waals surface area contributed by atoms with Crippen LogP contribution in [0.4, 0.5) is 0 Å². The number of piperidine rings is 1. The Kier molecular flexibility index (Phi) is 6.72. The fourth-order valence-electron chi connectivity index (χ4n) is 3.56. The van der Waals surface area contributed by atoms with Gasteiger partial charge in [-0.05, 0) is 56.0 Å². The number of benzene rings is 1. The molecule has 1 fully saturated rings. The standard InChI is InChI=1S/C21H28N2O3/c1-17-7-5-8-18(15-17)25-14-10-21(24)22-16-19(20-9-6-13-26-20)23-11-3-2-4-12-23/h5-9,13,15,19H,2-4,10-12,14,16H2,1H3,(H,22,24)/p+1/t19-/m0/s1. The number of ether oxygens (including phenoxy) is 1. The Bertz CT molecular complexity index is 678. The van der Waals surface area contributed by atoms with Crippen molar-refractivity contribution in [3.63, 3.8) is 0 Å². The Morgan fingerprint density at radius 2 is 2.08 bits per heavy atom. The zero-order valence-corrected chi connectivity index (χ0v) is 15.5. The molecule has 2 heterocycles. The Morgan fingerprint density at radius 1 is 1.23 bits per heavy atom. The number of aryl methyl sites for hydroxylation is 1. The number of hydrogen-bond acceptors (Lipinski definition) is 3. The summed E-state index contributed by atoms with van der Waals surface area (Å²) in [6, 6.07) is 12.0. The minimum absolute atomic E-state index is 0.0191. The maximum atomic E-state index is 12.2. The summed E-state index contributed by atoms with van der Waals surface area (Å²) in [5.74, 6) is 1.79. The first-order valence-electron chi connectivity index (χ1n) is 9.56. The lowest BCUT2D eigenvalue weighted by Crippen LogP contribution is -3.13. The average Bonchev–Trinajstić information content (AvgIpc) is 3.17. The Hall–Kier alpha value is -2.27. The number of carbonyl (C=O) groups excluding carboxylic acids is 1. The summed E-state index contributed by atoms with van der Waals surface area (Å²) < 4.78 is 11.3. The molecule has 0 radical (unpaired) electrons. The number of quaternary nitrogens is 1. The molecule has 1 aliphatic heterocycles. The summed E-state index contributed by atoms with van der Waals surface area (Å²) in [7, 11) is 0. The molecule has 0 bridgehead atoms. The monoisotopic (exact) mass is 357 g/mol. The third kappa shape index (κ3) is 5.36. The van der Waals surface area contributed by atoms with Crippen LogP contribution >= 0.6 is 0 Å². The van der Waals surface area contributed by atoms with Crippen molar-refractivity contribution in [1.82, 2.24) is 5.32 Å². The van der Waals surface area contributed by atoms with Crippen molar-refractivity contribution in [3.8, 4) is 5.75 Å². The van der Waals surface area contributed by atoms with Crippen molar-refractivity contribution in [1.29, 1.82) is 0 Å². The van der Waals surface area contributed by atoms with Crippen molar-refractivity contribution in [3.05, 3.63) is 54.0 Å². The van der Waals surface area contributed by atoms with Gasteiger partial charge in [0.05, 0.1) is 38.9 Å². The molecule has 26 heavy (non-hydrogen) atoms. The molecule has 1 saturated heterocycles. The average molecular weight is 357 g/mol. The predicted molar refractivity (Wildman–Crippen MR) is 100 cm³/mol. The van der Waals surface area contributed by atoms with Crippen LogP contribution in [0.15, 0.2) is 47.1 Å². The number of furan rings is 1. The summed E-state index contributed by atoms with van der Waals surface area (Å²) in [6.45, 7) is 5.29. The van der Waals surface area contributed by atoms with Gasteiger partial charge in [-0.1, -0.05) is 12.1 Å². The maximum Gasteiger partial charge on any atom is 0.223 e. The first kappa shape index (κ1) is 18.5. The molecule has 2 aromatic rings. The molecule has 0 saturated carbocycles. The van der Waals surface area contributed by atoms with E-state index in [1.165, 1.54) is 24.2 Å². The molecule has 5 heteroatoms. The quantitative estimate of drug-likeness (QED) is 0.762. The van der Waals surface area contributed by atoms with Gasteiger partial charge in [0.15, 0.2) is 11.8 Å². The molecule has 2 N–H and O–H groups in total. The van der Waals surface area contributed by atoms with Crippen molar-refractivity contribution >= 4 is 5.91 Å². The highest BCUT2D eigenvalue weighted by atomic mass is 16.5. The van der Waals surface area contributed by atoms with E-state index < -0.39 is 0 Å². The van der Waals surface area contributed by atoms with E-state index in [0.717, 1.165) is 30.2 Å². The maximum absolute atomic E-state index is 12.2. The third-order valence-electron chi connectivity index (χ3n) is 4.97. The topological polar surface area (TPSA) is 55.9 Å². The van der Waals surface area contributed by atoms with Crippen molar-refractivity contribution < 1.29 is 18.8 Å². The van der Waals surface area contributed by atoms with E-state index in [1.807, 2.05) is 43.3 Å². The molecule has 3 rings (SSSR count). The van der Waals surface area contributed by atoms with Crippen LogP contribution in [0.5, 0.6) is 5.75 Å². The second-order valence-corrected chi connectivity index (χ2v) is 7.01. The fraction of sp³-hybridized carbons (Fsp3) is 0.476. The van der Waals surface area contributed by atoms with E-state index in [4.69, 9.17) is 9.15 Å². The van der Waals surface area contributed by atoms with Crippen molar-refractivity contribution in [2.75, 3.05) is 26.2 Å². The highest BCUT2D eigenvalue weighted by Crippen LogP contribution is 2.13. The van der Waals surface area contributed by atoms with Gasteiger partial charge in [0.2, 0.25) is 5.91 Å². The van der Waals surface area contributed by atoms with Crippen LogP contribution in [-0.4, -0.2) is 32.1 Å². The largest absolute Gasteiger partial charge is 0.493 e. The van der Waals surface area contributed by atoms with E-state index in [2.05, 4.69) is 5.32 Å². The van der Waals surface area contributed by atoms with Crippen LogP contribution in [-0.2, 0) is 4.79 Å². The zero-order chi connectivity index (χ0) is 18.2. The molecule has 1 aliphatic rings. The summed E-state index contributed by atoms with van der Waals surface area (Å²) in [6.07, 6.45) is 5.85. The minimum Gasteiger partial charge on any atom is -0.493 e. The fourth-order valence-corrected chi connectivity index (χ4v) is 3.56. The minimum atomic E-state index is 0.0191. The number of hydrogen-bond donors (Lipinski definition) is 2. The number of nitrogens with one attached hydrogen (secondary N) is 2. The van der Waals surface area contributed by atoms with Gasteiger partial charge in [0.1, 0.15) is 5.75 Å². The summed E-state index contributed by atoms with van der Waals surface area (Å²) in [5, 5.41) is 3.07. The van der Waals surface area contributed by atoms with Crippen LogP contribution in [0, 0.1) is 6.92 Å². The van der Waals surface area contributed by atoms with Crippen LogP contribution in [0.1, 0.15) is 43.0 Å². The Morgan fingerprint density at radius 3 is 2.81 bits per heavy atom. The third-order valence-corrected chi connectivity index (χ3v) is 4.97. The normalized spacial score (nSPS) is 16.2. The van der Waals surface area contributed by atoms with Gasteiger partial charge in [-0.3, -0.25) is 4.79 Å². The van der Waals surface area contributed by atoms with Gasteiger partial charge >= 0.3 is 0 Å². The molecule has 1 atom stereocenters. The Labute approximate surface area is 155 Å². The number of carbonyl (C=O) groups is 1. The molecule has 0 unspecified atom stereocenters. The van der Waals surface area contributed by atoms with E-state index in [-0.39, 0.29) is 11.9 Å². The van der Waals surface area contributed by atoms with E-state index in [0.29, 0.717) is 19.6 Å². The first-order chi connectivity index (χ1) is 12.7. The SMILES string of the molecule is Cc1cccc(OCCC(=O)NC[C@@H](c2ccco2)[NH+]2CCCCC2)c1. The highest BCUT2D eigenvalue weighted by molar-refractivity contribution is 5.76. The molecular weight excluding hydrogens is 328 g/mol. The second kappa shape index (κ2) is 9.43. The smallest absolute Gasteiger partial charge is 0.223 e. The summed E-state index contributed by atoms with van der Waals surface area (Å²) in [5.41, 5.74) is 1.15. The number of rotatable bonds is 8. The van der Waals surface area contributed by atoms with Crippen LogP contribution in [0.2, 0.25) is 0 Å². The lowest BCUT2D eigenvalue weighted by Gasteiger charge is -2.30. The first-order valence-corrected chi connectivity index (χ1v) is 9.56. The lowest BCUT2D eigenvalue weighted by atomic mass is 10.1. The molecular formula is C21H29N2O3+. The van der Waals surface area contributed by atoms with Gasteiger partial charge in [-0.2, -0.15) is 0 Å². The summed E-state index contributed by atoms with van der Waals surface area (Å²) in [4.78, 5) is 13.7. The predicted octanol–water partition coefficient (Wildman–Crippen LogP) is 2.28. The van der Waals surface area contributed by atoms with Gasteiger partial charge in [-0.15, -0.1) is 0 Å². The molecule has 1 aromatic carbocycles. The molecule has 5 nitrogen and oxygen atoms in total. The van der Waals surface area contributed by atoms with Gasteiger partial charge < -0.3 is 19.4 Å². The second-order valence-electron chi connectivity index (χ2n) is 7.01. The van der Waals surface area contributed by atoms with E-state index in [1.54, 1.807) is 6.26 Å². The molecule has 0 aliphatic carbocycles. The molecule has 1 amide bonds. The van der Waals surface area contributed by atoms with Crippen LogP contribution in [0.3, 0.4) is 0 Å².